The number of rotatable bonds is 1. The zero-order valence-electron chi connectivity index (χ0n) is 12.4. The summed E-state index contributed by atoms with van der Waals surface area (Å²) in [6, 6.07) is 14.4. The number of aromatic amines is 1. The van der Waals surface area contributed by atoms with Crippen LogP contribution in [0.5, 0.6) is 0 Å². The quantitative estimate of drug-likeness (QED) is 0.577. The molecule has 0 amide bonds. The van der Waals surface area contributed by atoms with E-state index in [4.69, 9.17) is 0 Å². The zero-order chi connectivity index (χ0) is 15.0. The Morgan fingerprint density at radius 2 is 1.60 bits per heavy atom. The van der Waals surface area contributed by atoms with Crippen LogP contribution in [0.2, 0.25) is 0 Å². The van der Waals surface area contributed by atoms with Gasteiger partial charge in [-0.3, -0.25) is 0 Å². The number of fused-ring (bicyclic) bond motifs is 1. The van der Waals surface area contributed by atoms with E-state index in [0.29, 0.717) is 0 Å². The summed E-state index contributed by atoms with van der Waals surface area (Å²) in [6.07, 6.45) is 1.80. The third-order valence-electron chi connectivity index (χ3n) is 2.52. The molecule has 0 bridgehead atoms. The number of pyridine rings is 1. The van der Waals surface area contributed by atoms with E-state index in [1.807, 2.05) is 45.9 Å². The van der Waals surface area contributed by atoms with E-state index in [9.17, 15) is 0 Å². The molecule has 106 valence electrons. The van der Waals surface area contributed by atoms with Gasteiger partial charge in [0.2, 0.25) is 0 Å². The van der Waals surface area contributed by atoms with Gasteiger partial charge in [0.1, 0.15) is 5.65 Å². The lowest BCUT2D eigenvalue weighted by Crippen LogP contribution is -1.77. The average Bonchev–Trinajstić information content (AvgIpc) is 2.95. The zero-order valence-corrected chi connectivity index (χ0v) is 14.0. The van der Waals surface area contributed by atoms with Crippen LogP contribution in [0.15, 0.2) is 53.1 Å². The Balaban J connectivity index is 0.000000461. The van der Waals surface area contributed by atoms with Gasteiger partial charge in [0.05, 0.1) is 0 Å². The van der Waals surface area contributed by atoms with Crippen LogP contribution in [0.4, 0.5) is 0 Å². The summed E-state index contributed by atoms with van der Waals surface area (Å²) in [5, 5.41) is 1.12. The summed E-state index contributed by atoms with van der Waals surface area (Å²) >= 11 is 3.42. The van der Waals surface area contributed by atoms with Crippen molar-refractivity contribution in [2.24, 2.45) is 0 Å². The van der Waals surface area contributed by atoms with Gasteiger partial charge in [0.15, 0.2) is 0 Å². The number of H-pyrrole nitrogens is 1. The highest BCUT2D eigenvalue weighted by atomic mass is 79.9. The summed E-state index contributed by atoms with van der Waals surface area (Å²) in [7, 11) is 0. The van der Waals surface area contributed by atoms with Crippen LogP contribution < -0.4 is 0 Å². The molecule has 0 spiro atoms. The molecule has 3 aromatic rings. The van der Waals surface area contributed by atoms with Crippen molar-refractivity contribution in [1.29, 1.82) is 0 Å². The van der Waals surface area contributed by atoms with Crippen molar-refractivity contribution >= 4 is 27.0 Å². The Morgan fingerprint density at radius 1 is 0.950 bits per heavy atom. The van der Waals surface area contributed by atoms with Gasteiger partial charge in [0.25, 0.3) is 0 Å². The molecular formula is C17H21BrN2. The lowest BCUT2D eigenvalue weighted by atomic mass is 10.1. The predicted molar refractivity (Wildman–Crippen MR) is 91.9 cm³/mol. The Hall–Kier alpha value is -1.61. The molecule has 3 heteroatoms. The number of benzene rings is 1. The first kappa shape index (κ1) is 16.4. The largest absolute Gasteiger partial charge is 0.339 e. The van der Waals surface area contributed by atoms with Crippen LogP contribution in [0.3, 0.4) is 0 Å². The minimum atomic E-state index is 0.919. The van der Waals surface area contributed by atoms with E-state index in [0.717, 1.165) is 21.2 Å². The molecule has 2 nitrogen and oxygen atoms in total. The maximum absolute atomic E-state index is 4.32. The molecule has 0 atom stereocenters. The lowest BCUT2D eigenvalue weighted by molar-refractivity contribution is 1.31. The Kier molecular flexibility index (Phi) is 7.02. The van der Waals surface area contributed by atoms with Crippen LogP contribution in [0.1, 0.15) is 27.7 Å². The van der Waals surface area contributed by atoms with E-state index in [1.165, 1.54) is 5.56 Å². The number of halogens is 1. The lowest BCUT2D eigenvalue weighted by Gasteiger charge is -1.94. The highest BCUT2D eigenvalue weighted by Crippen LogP contribution is 2.24. The maximum atomic E-state index is 4.32. The fraction of sp³-hybridized carbons (Fsp3) is 0.235. The summed E-state index contributed by atoms with van der Waals surface area (Å²) in [5.41, 5.74) is 3.19. The van der Waals surface area contributed by atoms with E-state index in [1.54, 1.807) is 6.20 Å². The molecule has 2 heterocycles. The molecule has 0 aliphatic heterocycles. The predicted octanol–water partition coefficient (Wildman–Crippen LogP) is 6.04. The molecular weight excluding hydrogens is 312 g/mol. The average molecular weight is 333 g/mol. The minimum Gasteiger partial charge on any atom is -0.339 e. The van der Waals surface area contributed by atoms with Gasteiger partial charge < -0.3 is 4.98 Å². The van der Waals surface area contributed by atoms with Crippen molar-refractivity contribution in [3.8, 4) is 11.3 Å². The fourth-order valence-electron chi connectivity index (χ4n) is 1.76. The second-order valence-electron chi connectivity index (χ2n) is 3.64. The molecule has 0 saturated carbocycles. The second-order valence-corrected chi connectivity index (χ2v) is 4.56. The highest BCUT2D eigenvalue weighted by molar-refractivity contribution is 9.10. The fourth-order valence-corrected chi connectivity index (χ4v) is 2.11. The summed E-state index contributed by atoms with van der Waals surface area (Å²) in [6.45, 7) is 8.00. The number of hydrogen-bond donors (Lipinski definition) is 1. The van der Waals surface area contributed by atoms with Gasteiger partial charge >= 0.3 is 0 Å². The summed E-state index contributed by atoms with van der Waals surface area (Å²) < 4.78 is 0.999. The minimum absolute atomic E-state index is 0.919. The van der Waals surface area contributed by atoms with E-state index < -0.39 is 0 Å². The first-order valence-electron chi connectivity index (χ1n) is 7.02. The van der Waals surface area contributed by atoms with Crippen LogP contribution in [0, 0.1) is 0 Å². The van der Waals surface area contributed by atoms with Crippen LogP contribution in [-0.2, 0) is 0 Å². The molecule has 0 unspecified atom stereocenters. The van der Waals surface area contributed by atoms with E-state index in [2.05, 4.69) is 50.2 Å². The number of nitrogens with one attached hydrogen (secondary N) is 1. The summed E-state index contributed by atoms with van der Waals surface area (Å²) in [4.78, 5) is 7.63. The smallest absolute Gasteiger partial charge is 0.137 e. The van der Waals surface area contributed by atoms with Crippen molar-refractivity contribution in [2.45, 2.75) is 27.7 Å². The molecule has 1 aromatic carbocycles. The highest BCUT2D eigenvalue weighted by Gasteiger charge is 2.03. The van der Waals surface area contributed by atoms with Gasteiger partial charge in [-0.05, 0) is 33.6 Å². The number of hydrogen-bond acceptors (Lipinski definition) is 1. The third-order valence-corrected chi connectivity index (χ3v) is 2.96. The molecule has 1 N–H and O–H groups in total. The molecule has 2 aromatic heterocycles. The first-order valence-corrected chi connectivity index (χ1v) is 7.82. The van der Waals surface area contributed by atoms with Gasteiger partial charge in [-0.15, -0.1) is 0 Å². The topological polar surface area (TPSA) is 28.7 Å². The molecule has 20 heavy (non-hydrogen) atoms. The molecule has 0 fully saturated rings. The van der Waals surface area contributed by atoms with Gasteiger partial charge in [-0.2, -0.15) is 0 Å². The third kappa shape index (κ3) is 3.94. The van der Waals surface area contributed by atoms with Crippen molar-refractivity contribution in [1.82, 2.24) is 9.97 Å². The van der Waals surface area contributed by atoms with Crippen molar-refractivity contribution in [2.75, 3.05) is 0 Å². The van der Waals surface area contributed by atoms with Crippen LogP contribution >= 0.6 is 15.9 Å². The monoisotopic (exact) mass is 332 g/mol. The van der Waals surface area contributed by atoms with Crippen molar-refractivity contribution in [3.05, 3.63) is 53.1 Å². The molecule has 0 aliphatic rings. The Bertz CT molecular complexity index is 630. The Labute approximate surface area is 129 Å². The summed E-state index contributed by atoms with van der Waals surface area (Å²) in [5.74, 6) is 0. The SMILES string of the molecule is Brc1cnc2[nH]c(-c3ccccc3)cc2c1.CC.CC. The number of aromatic nitrogens is 2. The Morgan fingerprint density at radius 3 is 2.25 bits per heavy atom. The standard InChI is InChI=1S/C13H9BrN2.2C2H6/c14-11-6-10-7-12(16-13(10)15-8-11)9-4-2-1-3-5-9;2*1-2/h1-8H,(H,15,16);2*1-2H3. The molecule has 0 radical (unpaired) electrons. The molecule has 3 rings (SSSR count). The maximum Gasteiger partial charge on any atom is 0.137 e. The number of nitrogens with zero attached hydrogens (tertiary/aromatic N) is 1. The second kappa shape index (κ2) is 8.54. The van der Waals surface area contributed by atoms with Crippen LogP contribution in [-0.4, -0.2) is 9.97 Å². The first-order chi connectivity index (χ1) is 9.83. The molecule has 0 aliphatic carbocycles. The van der Waals surface area contributed by atoms with E-state index in [-0.39, 0.29) is 0 Å². The van der Waals surface area contributed by atoms with Gasteiger partial charge in [-0.25, -0.2) is 4.98 Å². The van der Waals surface area contributed by atoms with Crippen LogP contribution in [0.25, 0.3) is 22.3 Å². The normalized spacial score (nSPS) is 9.25. The van der Waals surface area contributed by atoms with Gasteiger partial charge in [-0.1, -0.05) is 58.0 Å². The van der Waals surface area contributed by atoms with Gasteiger partial charge in [0, 0.05) is 21.7 Å². The molecule has 0 saturated heterocycles. The van der Waals surface area contributed by atoms with Crippen molar-refractivity contribution < 1.29 is 0 Å². The van der Waals surface area contributed by atoms with Crippen molar-refractivity contribution in [3.63, 3.8) is 0 Å². The van der Waals surface area contributed by atoms with E-state index >= 15 is 0 Å².